The Balaban J connectivity index is 1.92. The van der Waals surface area contributed by atoms with Crippen LogP contribution in [0.3, 0.4) is 0 Å². The van der Waals surface area contributed by atoms with Crippen LogP contribution in [-0.4, -0.2) is 10.1 Å². The van der Waals surface area contributed by atoms with Gasteiger partial charge in [-0.1, -0.05) is 37.5 Å². The highest BCUT2D eigenvalue weighted by atomic mass is 16.3. The van der Waals surface area contributed by atoms with Crippen LogP contribution in [0.5, 0.6) is 0 Å². The third kappa shape index (κ3) is 1.81. The van der Waals surface area contributed by atoms with E-state index in [0.29, 0.717) is 5.92 Å². The van der Waals surface area contributed by atoms with Gasteiger partial charge in [0.15, 0.2) is 0 Å². The zero-order valence-corrected chi connectivity index (χ0v) is 11.3. The lowest BCUT2D eigenvalue weighted by Crippen LogP contribution is -2.29. The summed E-state index contributed by atoms with van der Waals surface area (Å²) < 4.78 is 0. The Labute approximate surface area is 113 Å². The van der Waals surface area contributed by atoms with E-state index in [2.05, 4.69) is 29.2 Å². The first-order valence-corrected chi connectivity index (χ1v) is 7.61. The zero-order chi connectivity index (χ0) is 12.9. The summed E-state index contributed by atoms with van der Waals surface area (Å²) in [7, 11) is 0. The van der Waals surface area contributed by atoms with Crippen LogP contribution in [0, 0.1) is 0 Å². The first-order valence-electron chi connectivity index (χ1n) is 7.61. The van der Waals surface area contributed by atoms with E-state index in [1.807, 2.05) is 0 Å². The van der Waals surface area contributed by atoms with Crippen LogP contribution in [0.4, 0.5) is 0 Å². The predicted octanol–water partition coefficient (Wildman–Crippen LogP) is 4.20. The summed E-state index contributed by atoms with van der Waals surface area (Å²) >= 11 is 0. The van der Waals surface area contributed by atoms with Crippen molar-refractivity contribution < 1.29 is 5.11 Å². The predicted molar refractivity (Wildman–Crippen MR) is 77.3 cm³/mol. The molecule has 0 unspecified atom stereocenters. The van der Waals surface area contributed by atoms with E-state index in [0.717, 1.165) is 25.7 Å². The lowest BCUT2D eigenvalue weighted by atomic mass is 9.78. The summed E-state index contributed by atoms with van der Waals surface area (Å²) in [5.74, 6) is 0.661. The summed E-state index contributed by atoms with van der Waals surface area (Å²) in [4.78, 5) is 3.59. The highest BCUT2D eigenvalue weighted by Crippen LogP contribution is 2.49. The number of hydrogen-bond acceptors (Lipinski definition) is 1. The molecule has 2 aliphatic carbocycles. The second-order valence-electron chi connectivity index (χ2n) is 6.33. The Hall–Kier alpha value is -1.28. The van der Waals surface area contributed by atoms with E-state index >= 15 is 0 Å². The quantitative estimate of drug-likeness (QED) is 0.829. The average Bonchev–Trinajstić information content (AvgIpc) is 3.19. The average molecular weight is 255 g/mol. The zero-order valence-electron chi connectivity index (χ0n) is 11.3. The molecule has 2 fully saturated rings. The molecule has 0 atom stereocenters. The number of aliphatic hydroxyl groups is 1. The monoisotopic (exact) mass is 255 g/mol. The summed E-state index contributed by atoms with van der Waals surface area (Å²) in [6.45, 7) is 0. The van der Waals surface area contributed by atoms with Gasteiger partial charge in [0.1, 0.15) is 0 Å². The number of benzene rings is 1. The summed E-state index contributed by atoms with van der Waals surface area (Å²) in [5.41, 5.74) is 3.16. The van der Waals surface area contributed by atoms with Gasteiger partial charge in [-0.25, -0.2) is 0 Å². The molecular weight excluding hydrogens is 234 g/mol. The molecule has 0 bridgehead atoms. The molecule has 0 saturated heterocycles. The topological polar surface area (TPSA) is 36.0 Å². The highest BCUT2D eigenvalue weighted by Gasteiger charge is 2.39. The van der Waals surface area contributed by atoms with Gasteiger partial charge in [0.05, 0.1) is 5.60 Å². The molecule has 1 aromatic heterocycles. The SMILES string of the molecule is OC1(c2c(C3CC3)[nH]c3ccccc23)CCCCC1. The smallest absolute Gasteiger partial charge is 0.0920 e. The van der Waals surface area contributed by atoms with Crippen LogP contribution in [0.15, 0.2) is 24.3 Å². The number of hydrogen-bond donors (Lipinski definition) is 2. The largest absolute Gasteiger partial charge is 0.385 e. The molecule has 100 valence electrons. The maximum Gasteiger partial charge on any atom is 0.0920 e. The molecule has 0 radical (unpaired) electrons. The molecule has 2 aromatic rings. The lowest BCUT2D eigenvalue weighted by molar-refractivity contribution is -0.0000361. The molecule has 1 aromatic carbocycles. The Morgan fingerprint density at radius 1 is 1.05 bits per heavy atom. The van der Waals surface area contributed by atoms with Crippen LogP contribution in [0.25, 0.3) is 10.9 Å². The van der Waals surface area contributed by atoms with Crippen molar-refractivity contribution in [1.82, 2.24) is 4.98 Å². The Morgan fingerprint density at radius 2 is 1.79 bits per heavy atom. The third-order valence-electron chi connectivity index (χ3n) is 4.87. The second-order valence-corrected chi connectivity index (χ2v) is 6.33. The van der Waals surface area contributed by atoms with Gasteiger partial charge in [0.2, 0.25) is 0 Å². The first kappa shape index (κ1) is 11.5. The molecule has 0 aliphatic heterocycles. The van der Waals surface area contributed by atoms with Gasteiger partial charge in [-0.15, -0.1) is 0 Å². The number of aromatic nitrogens is 1. The van der Waals surface area contributed by atoms with Crippen molar-refractivity contribution in [3.63, 3.8) is 0 Å². The van der Waals surface area contributed by atoms with Gasteiger partial charge in [0.25, 0.3) is 0 Å². The number of aromatic amines is 1. The van der Waals surface area contributed by atoms with Gasteiger partial charge in [-0.05, 0) is 37.7 Å². The van der Waals surface area contributed by atoms with E-state index in [1.54, 1.807) is 0 Å². The molecule has 0 spiro atoms. The number of H-pyrrole nitrogens is 1. The minimum absolute atomic E-state index is 0.588. The van der Waals surface area contributed by atoms with Gasteiger partial charge in [-0.2, -0.15) is 0 Å². The first-order chi connectivity index (χ1) is 9.28. The van der Waals surface area contributed by atoms with Gasteiger partial charge < -0.3 is 10.1 Å². The van der Waals surface area contributed by atoms with Crippen molar-refractivity contribution in [1.29, 1.82) is 0 Å². The fraction of sp³-hybridized carbons (Fsp3) is 0.529. The number of fused-ring (bicyclic) bond motifs is 1. The normalized spacial score (nSPS) is 22.8. The van der Waals surface area contributed by atoms with Gasteiger partial charge >= 0.3 is 0 Å². The number of rotatable bonds is 2. The molecule has 2 nitrogen and oxygen atoms in total. The Bertz CT molecular complexity index is 603. The van der Waals surface area contributed by atoms with Crippen LogP contribution in [0.2, 0.25) is 0 Å². The molecule has 2 N–H and O–H groups in total. The highest BCUT2D eigenvalue weighted by molar-refractivity contribution is 5.86. The van der Waals surface area contributed by atoms with Crippen molar-refractivity contribution in [2.24, 2.45) is 0 Å². The van der Waals surface area contributed by atoms with Crippen LogP contribution in [-0.2, 0) is 5.60 Å². The minimum Gasteiger partial charge on any atom is -0.385 e. The molecule has 1 heterocycles. The molecular formula is C17H21NO. The molecule has 2 saturated carbocycles. The fourth-order valence-corrected chi connectivity index (χ4v) is 3.73. The molecule has 0 amide bonds. The van der Waals surface area contributed by atoms with E-state index in [9.17, 15) is 5.11 Å². The van der Waals surface area contributed by atoms with Crippen LogP contribution >= 0.6 is 0 Å². The maximum atomic E-state index is 11.2. The van der Waals surface area contributed by atoms with Crippen LogP contribution < -0.4 is 0 Å². The molecule has 2 heteroatoms. The summed E-state index contributed by atoms with van der Waals surface area (Å²) in [6.07, 6.45) is 7.97. The second kappa shape index (κ2) is 4.11. The standard InChI is InChI=1S/C17H21NO/c19-17(10-4-1-5-11-17)15-13-6-2-3-7-14(13)18-16(15)12-8-9-12/h2-3,6-7,12,18-19H,1,4-5,8-11H2. The number of nitrogens with one attached hydrogen (secondary N) is 1. The fourth-order valence-electron chi connectivity index (χ4n) is 3.73. The molecule has 4 rings (SSSR count). The third-order valence-corrected chi connectivity index (χ3v) is 4.87. The minimum atomic E-state index is -0.588. The van der Waals surface area contributed by atoms with Crippen molar-refractivity contribution >= 4 is 10.9 Å². The maximum absolute atomic E-state index is 11.2. The van der Waals surface area contributed by atoms with Crippen molar-refractivity contribution in [2.75, 3.05) is 0 Å². The van der Waals surface area contributed by atoms with Gasteiger partial charge in [0, 0.05) is 22.2 Å². The van der Waals surface area contributed by atoms with Crippen LogP contribution in [0.1, 0.15) is 62.1 Å². The van der Waals surface area contributed by atoms with Crippen molar-refractivity contribution in [3.05, 3.63) is 35.5 Å². The molecule has 2 aliphatic rings. The Kier molecular flexibility index (Phi) is 2.49. The molecule has 19 heavy (non-hydrogen) atoms. The van der Waals surface area contributed by atoms with E-state index in [-0.39, 0.29) is 0 Å². The van der Waals surface area contributed by atoms with Crippen molar-refractivity contribution in [3.8, 4) is 0 Å². The van der Waals surface area contributed by atoms with E-state index in [1.165, 1.54) is 41.4 Å². The number of para-hydroxylation sites is 1. The lowest BCUT2D eigenvalue weighted by Gasteiger charge is -2.33. The van der Waals surface area contributed by atoms with E-state index < -0.39 is 5.60 Å². The van der Waals surface area contributed by atoms with Crippen molar-refractivity contribution in [2.45, 2.75) is 56.5 Å². The van der Waals surface area contributed by atoms with E-state index in [4.69, 9.17) is 0 Å². The van der Waals surface area contributed by atoms with Gasteiger partial charge in [-0.3, -0.25) is 0 Å². The summed E-state index contributed by atoms with van der Waals surface area (Å²) in [5, 5.41) is 12.4. The summed E-state index contributed by atoms with van der Waals surface area (Å²) in [6, 6.07) is 8.46. The Morgan fingerprint density at radius 3 is 2.53 bits per heavy atom.